The van der Waals surface area contributed by atoms with Crippen LogP contribution in [0.15, 0.2) is 36.8 Å². The Hall–Kier alpha value is -2.47. The number of rotatable bonds is 4. The number of aromatic amines is 1. The zero-order chi connectivity index (χ0) is 16.5. The fraction of sp³-hybridized carbons (Fsp3) is 0.389. The van der Waals surface area contributed by atoms with Crippen molar-refractivity contribution in [2.45, 2.75) is 32.4 Å². The van der Waals surface area contributed by atoms with Crippen LogP contribution in [0, 0.1) is 6.92 Å². The number of hydrogen-bond donors (Lipinski definition) is 1. The van der Waals surface area contributed by atoms with Gasteiger partial charge in [-0.05, 0) is 50.1 Å². The molecule has 124 valence electrons. The first-order chi connectivity index (χ1) is 11.7. The topological polar surface area (TPSA) is 62.6 Å². The Balaban J connectivity index is 1.63. The molecule has 6 heteroatoms. The first kappa shape index (κ1) is 15.1. The Morgan fingerprint density at radius 1 is 1.29 bits per heavy atom. The fourth-order valence-electron chi connectivity index (χ4n) is 3.56. The zero-order valence-electron chi connectivity index (χ0n) is 14.1. The average Bonchev–Trinajstić information content (AvgIpc) is 3.30. The largest absolute Gasteiger partial charge is 0.289 e. The number of aromatic nitrogens is 5. The number of pyridine rings is 1. The highest BCUT2D eigenvalue weighted by molar-refractivity contribution is 5.62. The molecule has 24 heavy (non-hydrogen) atoms. The highest BCUT2D eigenvalue weighted by Crippen LogP contribution is 2.34. The lowest BCUT2D eigenvalue weighted by Gasteiger charge is -2.24. The maximum absolute atomic E-state index is 4.83. The van der Waals surface area contributed by atoms with Crippen LogP contribution < -0.4 is 0 Å². The van der Waals surface area contributed by atoms with Crippen molar-refractivity contribution in [3.05, 3.63) is 53.9 Å². The Morgan fingerprint density at radius 3 is 2.96 bits per heavy atom. The van der Waals surface area contributed by atoms with Gasteiger partial charge in [-0.15, -0.1) is 0 Å². The van der Waals surface area contributed by atoms with Crippen LogP contribution in [-0.2, 0) is 13.6 Å². The second kappa shape index (κ2) is 6.20. The van der Waals surface area contributed by atoms with E-state index in [9.17, 15) is 0 Å². The Morgan fingerprint density at radius 2 is 2.21 bits per heavy atom. The highest BCUT2D eigenvalue weighted by Gasteiger charge is 2.28. The van der Waals surface area contributed by atoms with E-state index in [1.807, 2.05) is 30.3 Å². The van der Waals surface area contributed by atoms with Crippen molar-refractivity contribution in [1.29, 1.82) is 0 Å². The number of nitrogens with zero attached hydrogens (tertiary/aromatic N) is 5. The molecule has 6 nitrogen and oxygen atoms in total. The second-order valence-electron chi connectivity index (χ2n) is 6.48. The molecule has 0 saturated carbocycles. The molecule has 0 spiro atoms. The van der Waals surface area contributed by atoms with E-state index in [4.69, 9.17) is 4.98 Å². The normalized spacial score (nSPS) is 18.3. The van der Waals surface area contributed by atoms with Gasteiger partial charge >= 0.3 is 0 Å². The molecule has 0 bridgehead atoms. The molecule has 0 aliphatic carbocycles. The Kier molecular flexibility index (Phi) is 3.90. The van der Waals surface area contributed by atoms with Crippen LogP contribution in [0.25, 0.3) is 11.1 Å². The molecule has 0 amide bonds. The summed E-state index contributed by atoms with van der Waals surface area (Å²) in [5.74, 6) is 0. The summed E-state index contributed by atoms with van der Waals surface area (Å²) in [6.07, 6.45) is 8.02. The molecular weight excluding hydrogens is 300 g/mol. The van der Waals surface area contributed by atoms with Gasteiger partial charge in [0.1, 0.15) is 0 Å². The summed E-state index contributed by atoms with van der Waals surface area (Å²) in [4.78, 5) is 7.34. The van der Waals surface area contributed by atoms with E-state index in [2.05, 4.69) is 45.3 Å². The first-order valence-electron chi connectivity index (χ1n) is 8.39. The third-order valence-corrected chi connectivity index (χ3v) is 4.80. The number of likely N-dealkylation sites (tertiary alicyclic amines) is 1. The molecule has 4 heterocycles. The molecule has 1 unspecified atom stereocenters. The quantitative estimate of drug-likeness (QED) is 0.802. The van der Waals surface area contributed by atoms with Crippen molar-refractivity contribution in [1.82, 2.24) is 29.9 Å². The lowest BCUT2D eigenvalue weighted by Crippen LogP contribution is -2.24. The van der Waals surface area contributed by atoms with Crippen LogP contribution in [0.1, 0.15) is 36.0 Å². The van der Waals surface area contributed by atoms with Crippen molar-refractivity contribution in [3.8, 4) is 11.1 Å². The maximum Gasteiger partial charge on any atom is 0.0584 e. The summed E-state index contributed by atoms with van der Waals surface area (Å²) in [5.41, 5.74) is 5.74. The Labute approximate surface area is 141 Å². The molecule has 1 aliphatic heterocycles. The summed E-state index contributed by atoms with van der Waals surface area (Å²) in [7, 11) is 2.00. The number of H-pyrrole nitrogens is 1. The molecule has 1 fully saturated rings. The average molecular weight is 322 g/mol. The minimum Gasteiger partial charge on any atom is -0.289 e. The lowest BCUT2D eigenvalue weighted by atomic mass is 10.0. The minimum atomic E-state index is 0.366. The Bertz CT molecular complexity index is 820. The van der Waals surface area contributed by atoms with Gasteiger partial charge in [-0.1, -0.05) is 0 Å². The predicted molar refractivity (Wildman–Crippen MR) is 92.1 cm³/mol. The van der Waals surface area contributed by atoms with Gasteiger partial charge < -0.3 is 0 Å². The SMILES string of the molecule is Cc1cc(-c2cn[nH]c2)cc(C2CCCN2Cc2ccnn2C)n1. The van der Waals surface area contributed by atoms with E-state index >= 15 is 0 Å². The third-order valence-electron chi connectivity index (χ3n) is 4.80. The molecule has 3 aromatic heterocycles. The molecule has 4 rings (SSSR count). The van der Waals surface area contributed by atoms with Gasteiger partial charge in [0.15, 0.2) is 0 Å². The van der Waals surface area contributed by atoms with E-state index in [1.54, 1.807) is 0 Å². The van der Waals surface area contributed by atoms with E-state index in [-0.39, 0.29) is 0 Å². The summed E-state index contributed by atoms with van der Waals surface area (Å²) in [6.45, 7) is 4.08. The molecule has 0 aromatic carbocycles. The van der Waals surface area contributed by atoms with E-state index < -0.39 is 0 Å². The standard InChI is InChI=1S/C18H22N6/c1-13-8-14(15-10-19-20-11-15)9-17(22-13)18-4-3-7-24(18)12-16-5-6-21-23(16)2/h5-6,8-11,18H,3-4,7,12H2,1-2H3,(H,19,20). The third kappa shape index (κ3) is 2.85. The van der Waals surface area contributed by atoms with E-state index in [0.717, 1.165) is 36.5 Å². The van der Waals surface area contributed by atoms with Gasteiger partial charge in [-0.3, -0.25) is 19.7 Å². The molecule has 1 atom stereocenters. The first-order valence-corrected chi connectivity index (χ1v) is 8.39. The van der Waals surface area contributed by atoms with Crippen LogP contribution in [0.2, 0.25) is 0 Å². The van der Waals surface area contributed by atoms with Crippen LogP contribution in [-0.4, -0.2) is 36.4 Å². The molecule has 0 radical (unpaired) electrons. The van der Waals surface area contributed by atoms with Gasteiger partial charge in [-0.2, -0.15) is 10.2 Å². The molecule has 3 aromatic rings. The van der Waals surface area contributed by atoms with Gasteiger partial charge in [0, 0.05) is 37.2 Å². The molecular formula is C18H22N6. The number of nitrogens with one attached hydrogen (secondary N) is 1. The summed E-state index contributed by atoms with van der Waals surface area (Å²) in [6, 6.07) is 6.79. The van der Waals surface area contributed by atoms with Gasteiger partial charge in [0.05, 0.1) is 23.6 Å². The van der Waals surface area contributed by atoms with Crippen molar-refractivity contribution >= 4 is 0 Å². The van der Waals surface area contributed by atoms with Crippen molar-refractivity contribution < 1.29 is 0 Å². The molecule has 1 aliphatic rings. The van der Waals surface area contributed by atoms with Crippen molar-refractivity contribution in [2.24, 2.45) is 7.05 Å². The maximum atomic E-state index is 4.83. The van der Waals surface area contributed by atoms with Gasteiger partial charge in [0.2, 0.25) is 0 Å². The summed E-state index contributed by atoms with van der Waals surface area (Å²) in [5, 5.41) is 11.2. The van der Waals surface area contributed by atoms with Crippen LogP contribution in [0.4, 0.5) is 0 Å². The smallest absolute Gasteiger partial charge is 0.0584 e. The van der Waals surface area contributed by atoms with Crippen LogP contribution >= 0.6 is 0 Å². The van der Waals surface area contributed by atoms with Gasteiger partial charge in [0.25, 0.3) is 0 Å². The second-order valence-corrected chi connectivity index (χ2v) is 6.48. The monoisotopic (exact) mass is 322 g/mol. The minimum absolute atomic E-state index is 0.366. The predicted octanol–water partition coefficient (Wildman–Crippen LogP) is 2.85. The van der Waals surface area contributed by atoms with Crippen LogP contribution in [0.5, 0.6) is 0 Å². The number of hydrogen-bond acceptors (Lipinski definition) is 4. The van der Waals surface area contributed by atoms with Crippen molar-refractivity contribution in [2.75, 3.05) is 6.54 Å². The zero-order valence-corrected chi connectivity index (χ0v) is 14.1. The summed E-state index contributed by atoms with van der Waals surface area (Å²) >= 11 is 0. The number of aryl methyl sites for hydroxylation is 2. The lowest BCUT2D eigenvalue weighted by molar-refractivity contribution is 0.238. The summed E-state index contributed by atoms with van der Waals surface area (Å²) < 4.78 is 1.95. The molecule has 1 saturated heterocycles. The van der Waals surface area contributed by atoms with E-state index in [0.29, 0.717) is 6.04 Å². The molecule has 1 N–H and O–H groups in total. The van der Waals surface area contributed by atoms with Crippen molar-refractivity contribution in [3.63, 3.8) is 0 Å². The highest BCUT2D eigenvalue weighted by atomic mass is 15.3. The fourth-order valence-corrected chi connectivity index (χ4v) is 3.56. The van der Waals surface area contributed by atoms with Crippen LogP contribution in [0.3, 0.4) is 0 Å². The van der Waals surface area contributed by atoms with Gasteiger partial charge in [-0.25, -0.2) is 0 Å². The van der Waals surface area contributed by atoms with E-state index in [1.165, 1.54) is 17.7 Å².